The van der Waals surface area contributed by atoms with E-state index in [1.807, 2.05) is 123 Å². The predicted octanol–water partition coefficient (Wildman–Crippen LogP) is 14.5. The minimum atomic E-state index is -2.41. The molecule has 5 heteroatoms. The smallest absolute Gasteiger partial charge is 0.148 e. The van der Waals surface area contributed by atoms with Crippen LogP contribution in [0.1, 0.15) is 52.7 Å². The fourth-order valence-electron chi connectivity index (χ4n) is 8.14. The van der Waals surface area contributed by atoms with Crippen LogP contribution in [0, 0.1) is 33.7 Å². The first-order valence-corrected chi connectivity index (χ1v) is 20.4. The van der Waals surface area contributed by atoms with Crippen molar-refractivity contribution in [2.24, 2.45) is 0 Å². The van der Waals surface area contributed by atoms with Crippen molar-refractivity contribution in [1.82, 2.24) is 14.5 Å². The van der Waals surface area contributed by atoms with Crippen molar-refractivity contribution in [1.29, 1.82) is 0 Å². The number of hydrogen-bond acceptors (Lipinski definition) is 3. The van der Waals surface area contributed by atoms with Gasteiger partial charge in [0.05, 0.1) is 22.3 Å². The van der Waals surface area contributed by atoms with Gasteiger partial charge >= 0.3 is 0 Å². The molecule has 304 valence electrons. The van der Waals surface area contributed by atoms with Crippen LogP contribution in [-0.4, -0.2) is 19.6 Å². The molecule has 9 rings (SSSR count). The fourth-order valence-corrected chi connectivity index (χ4v) is 8.14. The Labute approximate surface area is 378 Å². The summed E-state index contributed by atoms with van der Waals surface area (Å²) in [5.74, 6) is 0.657. The summed E-state index contributed by atoms with van der Waals surface area (Å²) in [4.78, 5) is 10.4. The molecule has 0 spiro atoms. The van der Waals surface area contributed by atoms with Crippen molar-refractivity contribution >= 4 is 11.0 Å². The van der Waals surface area contributed by atoms with Crippen molar-refractivity contribution in [3.63, 3.8) is 0 Å². The zero-order valence-corrected chi connectivity index (χ0v) is 37.4. The zero-order chi connectivity index (χ0) is 44.2. The van der Waals surface area contributed by atoms with Crippen molar-refractivity contribution in [2.75, 3.05) is 0 Å². The second-order valence-electron chi connectivity index (χ2n) is 16.8. The van der Waals surface area contributed by atoms with E-state index in [2.05, 4.69) is 86.9 Å². The van der Waals surface area contributed by atoms with Gasteiger partial charge in [0.15, 0.2) is 0 Å². The Morgan fingerprint density at radius 1 is 0.590 bits per heavy atom. The maximum Gasteiger partial charge on any atom is 0.148 e. The standard InChI is InChI=1S/C56H48N3O.Pt/c1-35-21-23-39(24-22-35)42-25-26-57-50(33-42)44-30-43(31-45(32-44)56(5,6)7)46-19-14-20-51-53(46)58-55(49-28-36(2)27-38(4)54(49)60)59(51)52-34-47(40-15-10-8-11-16-40)37(3)29-48(52)41-17-12-9-13-18-41;/h8-29,31-34,60H,1-7H3;/q-1;/i3D3;. The largest absolute Gasteiger partial charge is 0.507 e. The Morgan fingerprint density at radius 3 is 1.97 bits per heavy atom. The number of aryl methyl sites for hydroxylation is 4. The molecule has 0 bridgehead atoms. The molecule has 1 N–H and O–H groups in total. The van der Waals surface area contributed by atoms with Crippen LogP contribution < -0.4 is 0 Å². The SMILES string of the molecule is [2H]C([2H])([2H])c1cc(-c2ccccc2)c(-n2c(-c3cc(C)cc(C)c3O)nc3c(-c4[c-]c(-c5cc(-c6ccc(C)cc6)ccn5)cc(C(C)(C)C)c4)cccc32)cc1-c1ccccc1.[Pt]. The van der Waals surface area contributed by atoms with Gasteiger partial charge in [-0.2, -0.15) is 0 Å². The molecule has 4 nitrogen and oxygen atoms in total. The number of phenols is 1. The molecule has 0 fully saturated rings. The van der Waals surface area contributed by atoms with Crippen LogP contribution in [0.15, 0.2) is 158 Å². The normalized spacial score (nSPS) is 12.4. The molecule has 0 saturated heterocycles. The van der Waals surface area contributed by atoms with Gasteiger partial charge in [0.1, 0.15) is 11.6 Å². The number of aromatic nitrogens is 3. The first kappa shape index (κ1) is 37.6. The molecule has 0 radical (unpaired) electrons. The van der Waals surface area contributed by atoms with E-state index in [0.29, 0.717) is 22.5 Å². The number of fused-ring (bicyclic) bond motifs is 1. The molecule has 2 heterocycles. The predicted molar refractivity (Wildman–Crippen MR) is 250 cm³/mol. The maximum absolute atomic E-state index is 11.9. The van der Waals surface area contributed by atoms with Gasteiger partial charge in [0, 0.05) is 42.6 Å². The van der Waals surface area contributed by atoms with Gasteiger partial charge in [-0.25, -0.2) is 4.98 Å². The van der Waals surface area contributed by atoms with Crippen molar-refractivity contribution in [2.45, 2.75) is 53.8 Å². The average molecular weight is 977 g/mol. The number of pyridine rings is 1. The van der Waals surface area contributed by atoms with Crippen molar-refractivity contribution in [3.8, 4) is 78.6 Å². The number of para-hydroxylation sites is 1. The van der Waals surface area contributed by atoms with Crippen molar-refractivity contribution < 1.29 is 30.3 Å². The Kier molecular flexibility index (Phi) is 10.2. The van der Waals surface area contributed by atoms with Crippen LogP contribution in [0.4, 0.5) is 0 Å². The molecule has 0 unspecified atom stereocenters. The number of rotatable bonds is 7. The van der Waals surface area contributed by atoms with Gasteiger partial charge in [-0.15, -0.1) is 29.3 Å². The van der Waals surface area contributed by atoms with Crippen LogP contribution in [0.5, 0.6) is 5.75 Å². The quantitative estimate of drug-likeness (QED) is 0.162. The number of imidazole rings is 1. The molecular formula is C56H48N3OPt-. The molecule has 0 aliphatic heterocycles. The Hall–Kier alpha value is -6.35. The van der Waals surface area contributed by atoms with E-state index in [0.717, 1.165) is 78.1 Å². The summed E-state index contributed by atoms with van der Waals surface area (Å²) in [7, 11) is 0. The summed E-state index contributed by atoms with van der Waals surface area (Å²) >= 11 is 0. The van der Waals surface area contributed by atoms with Gasteiger partial charge in [0.25, 0.3) is 0 Å². The molecule has 0 atom stereocenters. The van der Waals surface area contributed by atoms with Gasteiger partial charge in [-0.3, -0.25) is 9.55 Å². The van der Waals surface area contributed by atoms with E-state index in [9.17, 15) is 5.11 Å². The van der Waals surface area contributed by atoms with Crippen LogP contribution in [0.2, 0.25) is 0 Å². The number of nitrogens with zero attached hydrogens (tertiary/aromatic N) is 3. The van der Waals surface area contributed by atoms with Crippen molar-refractivity contribution in [3.05, 3.63) is 192 Å². The Balaban J connectivity index is 0.00000560. The minimum Gasteiger partial charge on any atom is -0.507 e. The third-order valence-corrected chi connectivity index (χ3v) is 11.4. The zero-order valence-electron chi connectivity index (χ0n) is 38.1. The van der Waals surface area contributed by atoms with E-state index in [-0.39, 0.29) is 37.8 Å². The van der Waals surface area contributed by atoms with Crippen LogP contribution in [0.25, 0.3) is 83.9 Å². The minimum absolute atomic E-state index is 0. The van der Waals surface area contributed by atoms with E-state index in [1.165, 1.54) is 5.56 Å². The summed E-state index contributed by atoms with van der Waals surface area (Å²) in [5.41, 5.74) is 15.4. The summed E-state index contributed by atoms with van der Waals surface area (Å²) in [5, 5.41) is 11.9. The van der Waals surface area contributed by atoms with Crippen LogP contribution in [-0.2, 0) is 26.5 Å². The van der Waals surface area contributed by atoms with Crippen LogP contribution >= 0.6 is 0 Å². The molecule has 0 aliphatic rings. The summed E-state index contributed by atoms with van der Waals surface area (Å²) in [6.07, 6.45) is 1.86. The molecule has 61 heavy (non-hydrogen) atoms. The molecule has 9 aromatic rings. The van der Waals surface area contributed by atoms with E-state index >= 15 is 0 Å². The van der Waals surface area contributed by atoms with Gasteiger partial charge < -0.3 is 5.11 Å². The van der Waals surface area contributed by atoms with E-state index in [4.69, 9.17) is 14.1 Å². The number of hydrogen-bond donors (Lipinski definition) is 1. The number of benzene rings is 7. The molecule has 0 aliphatic carbocycles. The summed E-state index contributed by atoms with van der Waals surface area (Å²) in [6.45, 7) is 10.2. The molecule has 0 amide bonds. The first-order valence-electron chi connectivity index (χ1n) is 21.9. The van der Waals surface area contributed by atoms with Gasteiger partial charge in [-0.05, 0) is 108 Å². The van der Waals surface area contributed by atoms with E-state index < -0.39 is 6.85 Å². The van der Waals surface area contributed by atoms with E-state index in [1.54, 1.807) is 0 Å². The number of phenolic OH excluding ortho intramolecular Hbond substituents is 1. The second-order valence-corrected chi connectivity index (χ2v) is 16.8. The van der Waals surface area contributed by atoms with Gasteiger partial charge in [0.2, 0.25) is 0 Å². The topological polar surface area (TPSA) is 50.9 Å². The van der Waals surface area contributed by atoms with Crippen LogP contribution in [0.3, 0.4) is 0 Å². The Bertz CT molecular complexity index is 3170. The monoisotopic (exact) mass is 976 g/mol. The second kappa shape index (κ2) is 16.6. The third kappa shape index (κ3) is 8.01. The van der Waals surface area contributed by atoms with Gasteiger partial charge in [-0.1, -0.05) is 147 Å². The summed E-state index contributed by atoms with van der Waals surface area (Å²) in [6, 6.07) is 54.3. The fraction of sp³-hybridized carbons (Fsp3) is 0.143. The first-order chi connectivity index (χ1) is 30.1. The maximum atomic E-state index is 11.9. The Morgan fingerprint density at radius 2 is 1.28 bits per heavy atom. The average Bonchev–Trinajstić information content (AvgIpc) is 3.67. The summed E-state index contributed by atoms with van der Waals surface area (Å²) < 4.78 is 28.3. The number of aromatic hydroxyl groups is 1. The molecule has 0 saturated carbocycles. The molecule has 7 aromatic carbocycles. The molecule has 2 aromatic heterocycles. The molecular weight excluding hydrogens is 926 g/mol. The third-order valence-electron chi connectivity index (χ3n) is 11.4.